The third kappa shape index (κ3) is 3.57. The quantitative estimate of drug-likeness (QED) is 0.728. The van der Waals surface area contributed by atoms with Crippen molar-refractivity contribution in [2.45, 2.75) is 45.6 Å². The molecule has 0 spiro atoms. The molecule has 1 atom stereocenters. The largest absolute Gasteiger partial charge is 0.310 e. The predicted molar refractivity (Wildman–Crippen MR) is 84.5 cm³/mol. The van der Waals surface area contributed by atoms with Crippen LogP contribution in [-0.2, 0) is 0 Å². The molecule has 0 aliphatic heterocycles. The summed E-state index contributed by atoms with van der Waals surface area (Å²) in [6.45, 7) is 5.59. The second kappa shape index (κ2) is 7.30. The lowest BCUT2D eigenvalue weighted by Crippen LogP contribution is -2.22. The normalized spacial score (nSPS) is 12.7. The van der Waals surface area contributed by atoms with Crippen LogP contribution in [0.25, 0.3) is 10.8 Å². The van der Waals surface area contributed by atoms with Crippen LogP contribution in [0.5, 0.6) is 0 Å². The molecule has 0 saturated carbocycles. The van der Waals surface area contributed by atoms with Crippen LogP contribution >= 0.6 is 0 Å². The molecule has 1 nitrogen and oxygen atoms in total. The van der Waals surface area contributed by atoms with E-state index in [1.807, 2.05) is 0 Å². The van der Waals surface area contributed by atoms with Crippen molar-refractivity contribution < 1.29 is 0 Å². The van der Waals surface area contributed by atoms with Crippen molar-refractivity contribution in [2.24, 2.45) is 0 Å². The molecular formula is C18H25N. The van der Waals surface area contributed by atoms with Crippen LogP contribution in [0.15, 0.2) is 42.5 Å². The Balaban J connectivity index is 2.31. The molecule has 0 amide bonds. The molecule has 0 aliphatic carbocycles. The van der Waals surface area contributed by atoms with Gasteiger partial charge in [0.2, 0.25) is 0 Å². The molecule has 2 aromatic rings. The topological polar surface area (TPSA) is 12.0 Å². The van der Waals surface area contributed by atoms with Gasteiger partial charge >= 0.3 is 0 Å². The lowest BCUT2D eigenvalue weighted by atomic mass is 9.95. The van der Waals surface area contributed by atoms with Gasteiger partial charge in [0.1, 0.15) is 0 Å². The minimum atomic E-state index is 0.492. The Kier molecular flexibility index (Phi) is 5.41. The number of nitrogens with one attached hydrogen (secondary N) is 1. The van der Waals surface area contributed by atoms with Crippen molar-refractivity contribution in [3.63, 3.8) is 0 Å². The second-order valence-corrected chi connectivity index (χ2v) is 5.22. The van der Waals surface area contributed by atoms with E-state index in [0.29, 0.717) is 6.04 Å². The third-order valence-corrected chi connectivity index (χ3v) is 3.69. The van der Waals surface area contributed by atoms with Gasteiger partial charge in [0.25, 0.3) is 0 Å². The van der Waals surface area contributed by atoms with E-state index in [2.05, 4.69) is 61.6 Å². The highest BCUT2D eigenvalue weighted by Gasteiger charge is 2.12. The van der Waals surface area contributed by atoms with Gasteiger partial charge in [0.15, 0.2) is 0 Å². The zero-order valence-electron chi connectivity index (χ0n) is 12.2. The van der Waals surface area contributed by atoms with Gasteiger partial charge in [-0.3, -0.25) is 0 Å². The van der Waals surface area contributed by atoms with Crippen LogP contribution < -0.4 is 5.32 Å². The van der Waals surface area contributed by atoms with Gasteiger partial charge in [-0.15, -0.1) is 0 Å². The van der Waals surface area contributed by atoms with Crippen LogP contribution in [-0.4, -0.2) is 6.54 Å². The number of unbranched alkanes of at least 4 members (excludes halogenated alkanes) is 1. The molecule has 0 aromatic heterocycles. The maximum atomic E-state index is 3.71. The number of fused-ring (bicyclic) bond motifs is 1. The number of hydrogen-bond acceptors (Lipinski definition) is 1. The minimum Gasteiger partial charge on any atom is -0.310 e. The predicted octanol–water partition coefficient (Wildman–Crippen LogP) is 5.07. The summed E-state index contributed by atoms with van der Waals surface area (Å²) >= 11 is 0. The van der Waals surface area contributed by atoms with E-state index in [1.54, 1.807) is 0 Å². The standard InChI is InChI=1S/C18H25N/c1-3-5-13-18(19-14-4-2)17-12-8-10-15-9-6-7-11-16(15)17/h6-12,18-19H,3-5,13-14H2,1-2H3. The van der Waals surface area contributed by atoms with Crippen LogP contribution in [0.2, 0.25) is 0 Å². The van der Waals surface area contributed by atoms with Crippen LogP contribution in [0, 0.1) is 0 Å². The molecule has 0 radical (unpaired) electrons. The summed E-state index contributed by atoms with van der Waals surface area (Å²) in [6, 6.07) is 15.9. The summed E-state index contributed by atoms with van der Waals surface area (Å²) < 4.78 is 0. The summed E-state index contributed by atoms with van der Waals surface area (Å²) in [7, 11) is 0. The van der Waals surface area contributed by atoms with E-state index in [-0.39, 0.29) is 0 Å². The highest BCUT2D eigenvalue weighted by molar-refractivity contribution is 5.86. The fourth-order valence-corrected chi connectivity index (χ4v) is 2.65. The molecule has 0 bridgehead atoms. The number of rotatable bonds is 7. The Morgan fingerprint density at radius 2 is 1.74 bits per heavy atom. The molecule has 102 valence electrons. The van der Waals surface area contributed by atoms with Crippen molar-refractivity contribution in [1.82, 2.24) is 5.32 Å². The summed E-state index contributed by atoms with van der Waals surface area (Å²) in [5.74, 6) is 0. The summed E-state index contributed by atoms with van der Waals surface area (Å²) in [6.07, 6.45) is 4.96. The van der Waals surface area contributed by atoms with Gasteiger partial charge in [-0.25, -0.2) is 0 Å². The van der Waals surface area contributed by atoms with E-state index < -0.39 is 0 Å². The van der Waals surface area contributed by atoms with Crippen molar-refractivity contribution in [3.8, 4) is 0 Å². The molecule has 0 saturated heterocycles. The highest BCUT2D eigenvalue weighted by atomic mass is 14.9. The maximum Gasteiger partial charge on any atom is 0.0326 e. The monoisotopic (exact) mass is 255 g/mol. The molecule has 1 N–H and O–H groups in total. The zero-order valence-corrected chi connectivity index (χ0v) is 12.2. The lowest BCUT2D eigenvalue weighted by Gasteiger charge is -2.20. The molecule has 1 heteroatoms. The van der Waals surface area contributed by atoms with Crippen LogP contribution in [0.1, 0.15) is 51.1 Å². The van der Waals surface area contributed by atoms with Gasteiger partial charge in [0.05, 0.1) is 0 Å². The second-order valence-electron chi connectivity index (χ2n) is 5.22. The van der Waals surface area contributed by atoms with E-state index in [1.165, 1.54) is 42.0 Å². The molecular weight excluding hydrogens is 230 g/mol. The number of hydrogen-bond donors (Lipinski definition) is 1. The Bertz CT molecular complexity index is 491. The fourth-order valence-electron chi connectivity index (χ4n) is 2.65. The average molecular weight is 255 g/mol. The summed E-state index contributed by atoms with van der Waals surface area (Å²) in [4.78, 5) is 0. The fraction of sp³-hybridized carbons (Fsp3) is 0.444. The average Bonchev–Trinajstić information content (AvgIpc) is 2.47. The van der Waals surface area contributed by atoms with Gasteiger partial charge in [0, 0.05) is 6.04 Å². The summed E-state index contributed by atoms with van der Waals surface area (Å²) in [5.41, 5.74) is 1.46. The first-order chi connectivity index (χ1) is 9.36. The Morgan fingerprint density at radius 3 is 2.53 bits per heavy atom. The van der Waals surface area contributed by atoms with Crippen LogP contribution in [0.4, 0.5) is 0 Å². The first-order valence-electron chi connectivity index (χ1n) is 7.57. The van der Waals surface area contributed by atoms with E-state index in [9.17, 15) is 0 Å². The van der Waals surface area contributed by atoms with Crippen molar-refractivity contribution >= 4 is 10.8 Å². The van der Waals surface area contributed by atoms with Gasteiger partial charge in [-0.2, -0.15) is 0 Å². The molecule has 2 rings (SSSR count). The van der Waals surface area contributed by atoms with E-state index >= 15 is 0 Å². The third-order valence-electron chi connectivity index (χ3n) is 3.69. The van der Waals surface area contributed by atoms with Gasteiger partial charge in [-0.05, 0) is 35.7 Å². The van der Waals surface area contributed by atoms with Crippen LogP contribution in [0.3, 0.4) is 0 Å². The Hall–Kier alpha value is -1.34. The van der Waals surface area contributed by atoms with Crippen molar-refractivity contribution in [3.05, 3.63) is 48.0 Å². The molecule has 19 heavy (non-hydrogen) atoms. The smallest absolute Gasteiger partial charge is 0.0326 e. The molecule has 0 fully saturated rings. The van der Waals surface area contributed by atoms with Gasteiger partial charge < -0.3 is 5.32 Å². The first kappa shape index (κ1) is 14.1. The van der Waals surface area contributed by atoms with Crippen molar-refractivity contribution in [1.29, 1.82) is 0 Å². The molecule has 1 unspecified atom stereocenters. The molecule has 0 heterocycles. The maximum absolute atomic E-state index is 3.71. The Labute approximate surface area is 117 Å². The number of benzene rings is 2. The van der Waals surface area contributed by atoms with Crippen molar-refractivity contribution in [2.75, 3.05) is 6.54 Å². The lowest BCUT2D eigenvalue weighted by molar-refractivity contribution is 0.484. The minimum absolute atomic E-state index is 0.492. The van der Waals surface area contributed by atoms with Gasteiger partial charge in [-0.1, -0.05) is 69.2 Å². The Morgan fingerprint density at radius 1 is 0.947 bits per heavy atom. The summed E-state index contributed by atoms with van der Waals surface area (Å²) in [5, 5.41) is 6.46. The molecule has 2 aromatic carbocycles. The molecule has 0 aliphatic rings. The zero-order chi connectivity index (χ0) is 13.5. The van der Waals surface area contributed by atoms with E-state index in [0.717, 1.165) is 6.54 Å². The SMILES string of the molecule is CCCCC(NCCC)c1cccc2ccccc12. The highest BCUT2D eigenvalue weighted by Crippen LogP contribution is 2.27. The first-order valence-corrected chi connectivity index (χ1v) is 7.57. The van der Waals surface area contributed by atoms with E-state index in [4.69, 9.17) is 0 Å².